The molecule has 0 aliphatic carbocycles. The summed E-state index contributed by atoms with van der Waals surface area (Å²) in [5.41, 5.74) is 1.12. The minimum absolute atomic E-state index is 0.786. The van der Waals surface area contributed by atoms with E-state index in [9.17, 15) is 0 Å². The lowest BCUT2D eigenvalue weighted by Crippen LogP contribution is -2.12. The molecule has 0 N–H and O–H groups in total. The molecule has 0 saturated heterocycles. The van der Waals surface area contributed by atoms with Crippen molar-refractivity contribution in [3.05, 3.63) is 38.3 Å². The molecule has 2 aromatic rings. The minimum atomic E-state index is 0.786. The van der Waals surface area contributed by atoms with Crippen LogP contribution in [0.25, 0.3) is 0 Å². The molecule has 5 heteroatoms. The van der Waals surface area contributed by atoms with E-state index in [0.717, 1.165) is 21.9 Å². The second kappa shape index (κ2) is 5.23. The van der Waals surface area contributed by atoms with Gasteiger partial charge in [-0.1, -0.05) is 6.07 Å². The van der Waals surface area contributed by atoms with Crippen molar-refractivity contribution < 1.29 is 0 Å². The van der Waals surface area contributed by atoms with Crippen LogP contribution in [0.5, 0.6) is 0 Å². The molecule has 0 radical (unpaired) electrons. The van der Waals surface area contributed by atoms with E-state index >= 15 is 0 Å². The zero-order valence-electron chi connectivity index (χ0n) is 9.25. The summed E-state index contributed by atoms with van der Waals surface area (Å²) in [6, 6.07) is 4.07. The van der Waals surface area contributed by atoms with Crippen molar-refractivity contribution in [2.75, 3.05) is 6.54 Å². The normalized spacial score (nSPS) is 12.8. The number of aromatic nitrogens is 1. The zero-order chi connectivity index (χ0) is 11.4. The summed E-state index contributed by atoms with van der Waals surface area (Å²) in [4.78, 5) is 6.50. The Bertz CT molecular complexity index is 532. The summed E-state index contributed by atoms with van der Waals surface area (Å²) in [7, 11) is 0. The summed E-state index contributed by atoms with van der Waals surface area (Å²) in [5.74, 6) is 0. The molecule has 0 bridgehead atoms. The first kappa shape index (κ1) is 11.3. The van der Waals surface area contributed by atoms with Crippen LogP contribution in [0.2, 0.25) is 0 Å². The molecular weight excluding hydrogens is 238 g/mol. The Hall–Kier alpha value is -1.20. The lowest BCUT2D eigenvalue weighted by Gasteiger charge is -1.95. The predicted molar refractivity (Wildman–Crippen MR) is 70.5 cm³/mol. The lowest BCUT2D eigenvalue weighted by molar-refractivity contribution is 0.794. The Morgan fingerprint density at radius 3 is 3.00 bits per heavy atom. The van der Waals surface area contributed by atoms with Gasteiger partial charge in [0.25, 0.3) is 0 Å². The van der Waals surface area contributed by atoms with E-state index in [1.165, 1.54) is 0 Å². The fourth-order valence-electron chi connectivity index (χ4n) is 1.25. The Labute approximate surface area is 102 Å². The molecular formula is C11H13N3S2. The molecule has 0 atom stereocenters. The molecule has 0 aliphatic rings. The molecule has 0 spiro atoms. The highest BCUT2D eigenvalue weighted by Crippen LogP contribution is 2.05. The van der Waals surface area contributed by atoms with Crippen molar-refractivity contribution in [3.63, 3.8) is 0 Å². The maximum atomic E-state index is 4.45. The molecule has 0 aromatic carbocycles. The second-order valence-corrected chi connectivity index (χ2v) is 5.02. The van der Waals surface area contributed by atoms with Gasteiger partial charge < -0.3 is 0 Å². The Balaban J connectivity index is 2.34. The number of rotatable bonds is 3. The maximum Gasteiger partial charge on any atom is 0.205 e. The monoisotopic (exact) mass is 251 g/mol. The van der Waals surface area contributed by atoms with Crippen molar-refractivity contribution >= 4 is 28.9 Å². The van der Waals surface area contributed by atoms with Crippen LogP contribution < -0.4 is 4.80 Å². The molecule has 2 aromatic heterocycles. The SMILES string of the molecule is CCN=c1scc(C)n1/N=C\c1cccs1. The van der Waals surface area contributed by atoms with E-state index in [4.69, 9.17) is 0 Å². The second-order valence-electron chi connectivity index (χ2n) is 3.21. The number of hydrogen-bond donors (Lipinski definition) is 0. The van der Waals surface area contributed by atoms with E-state index in [-0.39, 0.29) is 0 Å². The maximum absolute atomic E-state index is 4.45. The standard InChI is InChI=1S/C11H13N3S2/c1-3-12-11-14(9(2)8-16-11)13-7-10-5-4-6-15-10/h4-8H,3H2,1-2H3/b12-11?,13-7-. The lowest BCUT2D eigenvalue weighted by atomic mass is 10.5. The summed E-state index contributed by atoms with van der Waals surface area (Å²) in [5, 5.41) is 8.56. The van der Waals surface area contributed by atoms with Crippen molar-refractivity contribution in [1.82, 2.24) is 4.68 Å². The van der Waals surface area contributed by atoms with Gasteiger partial charge in [0.2, 0.25) is 4.80 Å². The van der Waals surface area contributed by atoms with Crippen LogP contribution in [-0.4, -0.2) is 17.4 Å². The molecule has 0 saturated carbocycles. The van der Waals surface area contributed by atoms with Crippen molar-refractivity contribution in [2.45, 2.75) is 13.8 Å². The van der Waals surface area contributed by atoms with Crippen LogP contribution in [-0.2, 0) is 0 Å². The van der Waals surface area contributed by atoms with E-state index in [1.54, 1.807) is 22.7 Å². The van der Waals surface area contributed by atoms with Crippen molar-refractivity contribution in [3.8, 4) is 0 Å². The van der Waals surface area contributed by atoms with Gasteiger partial charge in [-0.05, 0) is 25.3 Å². The highest BCUT2D eigenvalue weighted by Gasteiger charge is 1.97. The van der Waals surface area contributed by atoms with Crippen LogP contribution in [0.15, 0.2) is 33.0 Å². The molecule has 0 fully saturated rings. The summed E-state index contributed by atoms with van der Waals surface area (Å²) < 4.78 is 1.88. The van der Waals surface area contributed by atoms with E-state index in [2.05, 4.69) is 15.5 Å². The molecule has 0 amide bonds. The third-order valence-electron chi connectivity index (χ3n) is 1.99. The van der Waals surface area contributed by atoms with Gasteiger partial charge in [0.1, 0.15) is 0 Å². The zero-order valence-corrected chi connectivity index (χ0v) is 10.9. The average molecular weight is 251 g/mol. The van der Waals surface area contributed by atoms with Gasteiger partial charge >= 0.3 is 0 Å². The van der Waals surface area contributed by atoms with Gasteiger partial charge in [0.15, 0.2) is 0 Å². The van der Waals surface area contributed by atoms with Crippen LogP contribution in [0.4, 0.5) is 0 Å². The number of nitrogens with zero attached hydrogens (tertiary/aromatic N) is 3. The first-order chi connectivity index (χ1) is 7.81. The van der Waals surface area contributed by atoms with E-state index < -0.39 is 0 Å². The average Bonchev–Trinajstić information content (AvgIpc) is 2.88. The number of thiazole rings is 1. The highest BCUT2D eigenvalue weighted by atomic mass is 32.1. The van der Waals surface area contributed by atoms with Gasteiger partial charge in [-0.25, -0.2) is 4.68 Å². The third kappa shape index (κ3) is 2.48. The van der Waals surface area contributed by atoms with Crippen LogP contribution in [0.1, 0.15) is 17.5 Å². The Morgan fingerprint density at radius 2 is 2.31 bits per heavy atom. The topological polar surface area (TPSA) is 29.6 Å². The van der Waals surface area contributed by atoms with E-state index in [1.807, 2.05) is 42.3 Å². The van der Waals surface area contributed by atoms with Gasteiger partial charge in [-0.2, -0.15) is 5.10 Å². The smallest absolute Gasteiger partial charge is 0.205 e. The van der Waals surface area contributed by atoms with Crippen molar-refractivity contribution in [2.24, 2.45) is 10.1 Å². The molecule has 0 aliphatic heterocycles. The van der Waals surface area contributed by atoms with Gasteiger partial charge in [0, 0.05) is 16.8 Å². The first-order valence-corrected chi connectivity index (χ1v) is 6.82. The molecule has 2 heterocycles. The first-order valence-electron chi connectivity index (χ1n) is 5.06. The fourth-order valence-corrected chi connectivity index (χ4v) is 2.70. The number of hydrogen-bond acceptors (Lipinski definition) is 4. The predicted octanol–water partition coefficient (Wildman–Crippen LogP) is 2.72. The van der Waals surface area contributed by atoms with E-state index in [0.29, 0.717) is 0 Å². The fraction of sp³-hybridized carbons (Fsp3) is 0.273. The summed E-state index contributed by atoms with van der Waals surface area (Å²) in [6.07, 6.45) is 1.87. The van der Waals surface area contributed by atoms with Gasteiger partial charge in [-0.3, -0.25) is 4.99 Å². The molecule has 3 nitrogen and oxygen atoms in total. The van der Waals surface area contributed by atoms with Crippen LogP contribution in [0.3, 0.4) is 0 Å². The minimum Gasteiger partial charge on any atom is -0.258 e. The molecule has 2 rings (SSSR count). The van der Waals surface area contributed by atoms with Gasteiger partial charge in [-0.15, -0.1) is 22.7 Å². The number of aryl methyl sites for hydroxylation is 1. The third-order valence-corrected chi connectivity index (χ3v) is 3.77. The Morgan fingerprint density at radius 1 is 1.44 bits per heavy atom. The van der Waals surface area contributed by atoms with Crippen LogP contribution in [0, 0.1) is 6.92 Å². The molecule has 84 valence electrons. The Kier molecular flexibility index (Phi) is 3.69. The van der Waals surface area contributed by atoms with Crippen molar-refractivity contribution in [1.29, 1.82) is 0 Å². The molecule has 0 unspecified atom stereocenters. The van der Waals surface area contributed by atoms with Crippen LogP contribution >= 0.6 is 22.7 Å². The summed E-state index contributed by atoms with van der Waals surface area (Å²) in [6.45, 7) is 4.85. The highest BCUT2D eigenvalue weighted by molar-refractivity contribution is 7.11. The van der Waals surface area contributed by atoms with Gasteiger partial charge in [0.05, 0.1) is 11.9 Å². The quantitative estimate of drug-likeness (QED) is 0.751. The molecule has 16 heavy (non-hydrogen) atoms. The summed E-state index contributed by atoms with van der Waals surface area (Å²) >= 11 is 3.30. The number of thiophene rings is 1. The largest absolute Gasteiger partial charge is 0.258 e.